The first-order valence-electron chi connectivity index (χ1n) is 6.36. The molecule has 108 valence electrons. The average molecular weight is 304 g/mol. The third-order valence-electron chi connectivity index (χ3n) is 2.40. The monoisotopic (exact) mass is 303 g/mol. The minimum atomic E-state index is -1.13. The molecule has 5 nitrogen and oxygen atoms in total. The third kappa shape index (κ3) is 6.75. The summed E-state index contributed by atoms with van der Waals surface area (Å²) in [5.41, 5.74) is 0. The minimum Gasteiger partial charge on any atom is -0.490 e. The molecule has 1 aromatic heterocycles. The van der Waals surface area contributed by atoms with Gasteiger partial charge in [0, 0.05) is 20.7 Å². The predicted octanol–water partition coefficient (Wildman–Crippen LogP) is 2.64. The van der Waals surface area contributed by atoms with Crippen molar-refractivity contribution >= 4 is 25.5 Å². The molecular formula is C12H22ClN3O2Si. The van der Waals surface area contributed by atoms with Gasteiger partial charge in [-0.05, 0) is 13.0 Å². The number of aliphatic hydroxyl groups excluding tert-OH is 1. The summed E-state index contributed by atoms with van der Waals surface area (Å²) in [5, 5.41) is 20.3. The fourth-order valence-corrected chi connectivity index (χ4v) is 2.15. The Labute approximate surface area is 120 Å². The van der Waals surface area contributed by atoms with Crippen molar-refractivity contribution in [2.24, 2.45) is 0 Å². The van der Waals surface area contributed by atoms with Crippen LogP contribution >= 0.6 is 11.6 Å². The number of nitrogens with one attached hydrogen (secondary N) is 1. The molecule has 2 N–H and O–H groups in total. The molecule has 0 fully saturated rings. The van der Waals surface area contributed by atoms with Crippen LogP contribution in [0.3, 0.4) is 0 Å². The Bertz CT molecular complexity index is 410. The maximum atomic E-state index is 9.27. The topological polar surface area (TPSA) is 67.3 Å². The largest absolute Gasteiger partial charge is 0.490 e. The predicted molar refractivity (Wildman–Crippen MR) is 80.9 cm³/mol. The molecule has 0 amide bonds. The summed E-state index contributed by atoms with van der Waals surface area (Å²) in [5.74, 6) is 1.10. The van der Waals surface area contributed by atoms with Crippen LogP contribution in [0.4, 0.5) is 5.82 Å². The molecule has 0 unspecified atom stereocenters. The van der Waals surface area contributed by atoms with Crippen LogP contribution in [0.15, 0.2) is 6.07 Å². The van der Waals surface area contributed by atoms with E-state index in [9.17, 15) is 5.11 Å². The number of rotatable bonds is 7. The summed E-state index contributed by atoms with van der Waals surface area (Å²) < 4.78 is 5.73. The molecule has 1 aromatic rings. The van der Waals surface area contributed by atoms with E-state index in [1.165, 1.54) is 0 Å². The summed E-state index contributed by atoms with van der Waals surface area (Å²) in [7, 11) is -1.13. The van der Waals surface area contributed by atoms with Crippen LogP contribution in [-0.2, 0) is 0 Å². The van der Waals surface area contributed by atoms with Gasteiger partial charge < -0.3 is 15.2 Å². The Hall–Kier alpha value is -0.853. The second kappa shape index (κ2) is 7.07. The van der Waals surface area contributed by atoms with Crippen molar-refractivity contribution in [1.29, 1.82) is 0 Å². The lowest BCUT2D eigenvalue weighted by Gasteiger charge is -2.17. The van der Waals surface area contributed by atoms with Crippen LogP contribution in [0.25, 0.3) is 0 Å². The Morgan fingerprint density at radius 2 is 2.11 bits per heavy atom. The van der Waals surface area contributed by atoms with E-state index in [0.29, 0.717) is 29.9 Å². The van der Waals surface area contributed by atoms with Gasteiger partial charge in [-0.15, -0.1) is 10.2 Å². The molecule has 0 aromatic carbocycles. The fourth-order valence-electron chi connectivity index (χ4n) is 1.30. The molecule has 0 bridgehead atoms. The zero-order chi connectivity index (χ0) is 14.5. The van der Waals surface area contributed by atoms with E-state index in [1.807, 2.05) is 0 Å². The van der Waals surface area contributed by atoms with Gasteiger partial charge in [-0.2, -0.15) is 0 Å². The number of hydrogen-bond acceptors (Lipinski definition) is 5. The highest BCUT2D eigenvalue weighted by Gasteiger charge is 2.14. The van der Waals surface area contributed by atoms with Crippen LogP contribution in [0.1, 0.15) is 6.92 Å². The highest BCUT2D eigenvalue weighted by atomic mass is 35.5. The normalized spacial score (nSPS) is 13.2. The van der Waals surface area contributed by atoms with E-state index in [4.69, 9.17) is 16.3 Å². The summed E-state index contributed by atoms with van der Waals surface area (Å²) in [6.45, 7) is 9.60. The quantitative estimate of drug-likeness (QED) is 0.758. The van der Waals surface area contributed by atoms with Crippen molar-refractivity contribution in [3.05, 3.63) is 11.2 Å². The van der Waals surface area contributed by atoms with Gasteiger partial charge in [0.2, 0.25) is 0 Å². The standard InChI is InChI=1S/C12H22ClN3O2Si/c1-9(17)8-14-12-10(7-11(13)15-16-12)18-5-6-19(2,3)4/h7,9,17H,5-6,8H2,1-4H3,(H,14,16)/t9-/m1/s1. The fraction of sp³-hybridized carbons (Fsp3) is 0.667. The zero-order valence-corrected chi connectivity index (χ0v) is 13.7. The number of ether oxygens (including phenoxy) is 1. The van der Waals surface area contributed by atoms with E-state index in [2.05, 4.69) is 35.2 Å². The van der Waals surface area contributed by atoms with Gasteiger partial charge >= 0.3 is 0 Å². The highest BCUT2D eigenvalue weighted by molar-refractivity contribution is 6.76. The lowest BCUT2D eigenvalue weighted by molar-refractivity contribution is 0.208. The van der Waals surface area contributed by atoms with Crippen molar-refractivity contribution in [2.75, 3.05) is 18.5 Å². The first-order chi connectivity index (χ1) is 8.78. The van der Waals surface area contributed by atoms with Crippen molar-refractivity contribution in [3.8, 4) is 5.75 Å². The molecule has 1 rings (SSSR count). The number of hydrogen-bond donors (Lipinski definition) is 2. The lowest BCUT2D eigenvalue weighted by Crippen LogP contribution is -2.23. The van der Waals surface area contributed by atoms with Crippen LogP contribution in [0, 0.1) is 0 Å². The molecule has 19 heavy (non-hydrogen) atoms. The van der Waals surface area contributed by atoms with E-state index in [0.717, 1.165) is 6.04 Å². The van der Waals surface area contributed by atoms with Crippen LogP contribution in [0.5, 0.6) is 5.75 Å². The van der Waals surface area contributed by atoms with Gasteiger partial charge in [0.05, 0.1) is 12.7 Å². The Kier molecular flexibility index (Phi) is 6.03. The molecule has 0 saturated carbocycles. The van der Waals surface area contributed by atoms with Gasteiger partial charge in [0.15, 0.2) is 16.7 Å². The highest BCUT2D eigenvalue weighted by Crippen LogP contribution is 2.24. The van der Waals surface area contributed by atoms with Gasteiger partial charge in [0.25, 0.3) is 0 Å². The minimum absolute atomic E-state index is 0.297. The van der Waals surface area contributed by atoms with Crippen LogP contribution in [0.2, 0.25) is 30.8 Å². The van der Waals surface area contributed by atoms with Crippen molar-refractivity contribution in [2.45, 2.75) is 38.7 Å². The van der Waals surface area contributed by atoms with E-state index in [1.54, 1.807) is 13.0 Å². The number of halogens is 1. The second-order valence-corrected chi connectivity index (χ2v) is 11.8. The molecule has 7 heteroatoms. The van der Waals surface area contributed by atoms with Crippen molar-refractivity contribution in [3.63, 3.8) is 0 Å². The Morgan fingerprint density at radius 1 is 1.42 bits per heavy atom. The van der Waals surface area contributed by atoms with E-state index < -0.39 is 14.2 Å². The maximum Gasteiger partial charge on any atom is 0.191 e. The SMILES string of the molecule is C[C@@H](O)CNc1nnc(Cl)cc1OCC[Si](C)(C)C. The van der Waals surface area contributed by atoms with Crippen molar-refractivity contribution in [1.82, 2.24) is 10.2 Å². The molecule has 1 heterocycles. The van der Waals surface area contributed by atoms with E-state index in [-0.39, 0.29) is 0 Å². The molecule has 0 radical (unpaired) electrons. The summed E-state index contributed by atoms with van der Waals surface area (Å²) in [6.07, 6.45) is -0.465. The molecule has 0 saturated heterocycles. The van der Waals surface area contributed by atoms with Crippen LogP contribution < -0.4 is 10.1 Å². The summed E-state index contributed by atoms with van der Waals surface area (Å²) in [4.78, 5) is 0. The molecule has 0 aliphatic rings. The molecule has 0 spiro atoms. The van der Waals surface area contributed by atoms with Crippen molar-refractivity contribution < 1.29 is 9.84 Å². The van der Waals surface area contributed by atoms with Gasteiger partial charge in [-0.1, -0.05) is 31.2 Å². The lowest BCUT2D eigenvalue weighted by atomic mass is 10.4. The number of aliphatic hydroxyl groups is 1. The average Bonchev–Trinajstić information content (AvgIpc) is 2.26. The van der Waals surface area contributed by atoms with Gasteiger partial charge in [0.1, 0.15) is 0 Å². The smallest absolute Gasteiger partial charge is 0.191 e. The molecule has 1 atom stereocenters. The molecular weight excluding hydrogens is 282 g/mol. The van der Waals surface area contributed by atoms with Crippen LogP contribution in [-0.4, -0.2) is 42.6 Å². The summed E-state index contributed by atoms with van der Waals surface area (Å²) in [6, 6.07) is 2.70. The number of anilines is 1. The maximum absolute atomic E-state index is 9.27. The Morgan fingerprint density at radius 3 is 2.68 bits per heavy atom. The van der Waals surface area contributed by atoms with E-state index >= 15 is 0 Å². The third-order valence-corrected chi connectivity index (χ3v) is 4.29. The molecule has 0 aliphatic heterocycles. The molecule has 0 aliphatic carbocycles. The first kappa shape index (κ1) is 16.2. The van der Waals surface area contributed by atoms with Gasteiger partial charge in [-0.3, -0.25) is 0 Å². The zero-order valence-electron chi connectivity index (χ0n) is 11.9. The number of aromatic nitrogens is 2. The first-order valence-corrected chi connectivity index (χ1v) is 10.4. The summed E-state index contributed by atoms with van der Waals surface area (Å²) >= 11 is 5.83. The number of nitrogens with zero attached hydrogens (tertiary/aromatic N) is 2. The second-order valence-electron chi connectivity index (χ2n) is 5.77. The van der Waals surface area contributed by atoms with Gasteiger partial charge in [-0.25, -0.2) is 0 Å². The Balaban J connectivity index is 2.66.